The molecule has 0 saturated carbocycles. The van der Waals surface area contributed by atoms with Gasteiger partial charge in [-0.1, -0.05) is 19.1 Å². The van der Waals surface area contributed by atoms with E-state index in [-0.39, 0.29) is 5.56 Å². The SMILES string of the molecule is CCc1ccc(Oc2ccc(C(=O)O)cc2N)cc1. The number of carboxylic acid groups (broad SMARTS) is 1. The average Bonchev–Trinajstić information content (AvgIpc) is 2.41. The first-order chi connectivity index (χ1) is 9.10. The number of ether oxygens (including phenoxy) is 1. The van der Waals surface area contributed by atoms with Crippen LogP contribution in [0.1, 0.15) is 22.8 Å². The Balaban J connectivity index is 2.20. The number of carbonyl (C=O) groups is 1. The Labute approximate surface area is 111 Å². The number of rotatable bonds is 4. The van der Waals surface area contributed by atoms with Crippen molar-refractivity contribution in [2.24, 2.45) is 0 Å². The summed E-state index contributed by atoms with van der Waals surface area (Å²) >= 11 is 0. The van der Waals surface area contributed by atoms with Crippen molar-refractivity contribution in [3.63, 3.8) is 0 Å². The highest BCUT2D eigenvalue weighted by Crippen LogP contribution is 2.28. The Hall–Kier alpha value is -2.49. The molecule has 0 fully saturated rings. The van der Waals surface area contributed by atoms with Crippen molar-refractivity contribution in [3.8, 4) is 11.5 Å². The van der Waals surface area contributed by atoms with Gasteiger partial charge in [0, 0.05) is 0 Å². The van der Waals surface area contributed by atoms with Crippen LogP contribution in [-0.2, 0) is 6.42 Å². The molecule has 4 nitrogen and oxygen atoms in total. The van der Waals surface area contributed by atoms with Crippen LogP contribution in [-0.4, -0.2) is 11.1 Å². The third kappa shape index (κ3) is 3.04. The van der Waals surface area contributed by atoms with Gasteiger partial charge in [0.05, 0.1) is 11.3 Å². The van der Waals surface area contributed by atoms with Crippen LogP contribution < -0.4 is 10.5 Å². The first-order valence-corrected chi connectivity index (χ1v) is 5.99. The van der Waals surface area contributed by atoms with E-state index in [0.29, 0.717) is 17.2 Å². The second-order valence-corrected chi connectivity index (χ2v) is 4.16. The fourth-order valence-corrected chi connectivity index (χ4v) is 1.69. The van der Waals surface area contributed by atoms with Crippen molar-refractivity contribution < 1.29 is 14.6 Å². The zero-order valence-electron chi connectivity index (χ0n) is 10.6. The van der Waals surface area contributed by atoms with Crippen LogP contribution in [0.4, 0.5) is 5.69 Å². The third-order valence-corrected chi connectivity index (χ3v) is 2.82. The van der Waals surface area contributed by atoms with E-state index in [2.05, 4.69) is 6.92 Å². The van der Waals surface area contributed by atoms with Gasteiger partial charge < -0.3 is 15.6 Å². The van der Waals surface area contributed by atoms with Crippen molar-refractivity contribution in [1.82, 2.24) is 0 Å². The second kappa shape index (κ2) is 5.44. The lowest BCUT2D eigenvalue weighted by atomic mass is 10.1. The largest absolute Gasteiger partial charge is 0.478 e. The van der Waals surface area contributed by atoms with E-state index in [9.17, 15) is 4.79 Å². The van der Waals surface area contributed by atoms with Crippen LogP contribution >= 0.6 is 0 Å². The van der Waals surface area contributed by atoms with Crippen LogP contribution in [0, 0.1) is 0 Å². The molecule has 0 aliphatic carbocycles. The minimum atomic E-state index is -1.01. The Morgan fingerprint density at radius 1 is 1.21 bits per heavy atom. The lowest BCUT2D eigenvalue weighted by Crippen LogP contribution is -1.99. The molecule has 4 heteroatoms. The zero-order chi connectivity index (χ0) is 13.8. The summed E-state index contributed by atoms with van der Waals surface area (Å²) in [5, 5.41) is 8.85. The highest BCUT2D eigenvalue weighted by Gasteiger charge is 2.07. The lowest BCUT2D eigenvalue weighted by molar-refractivity contribution is 0.0697. The van der Waals surface area contributed by atoms with Crippen LogP contribution in [0.15, 0.2) is 42.5 Å². The van der Waals surface area contributed by atoms with E-state index >= 15 is 0 Å². The van der Waals surface area contributed by atoms with Gasteiger partial charge in [-0.3, -0.25) is 0 Å². The summed E-state index contributed by atoms with van der Waals surface area (Å²) in [7, 11) is 0. The van der Waals surface area contributed by atoms with E-state index in [1.165, 1.54) is 17.7 Å². The monoisotopic (exact) mass is 257 g/mol. The van der Waals surface area contributed by atoms with E-state index in [4.69, 9.17) is 15.6 Å². The first-order valence-electron chi connectivity index (χ1n) is 5.99. The number of aromatic carboxylic acids is 1. The molecule has 2 aromatic rings. The van der Waals surface area contributed by atoms with E-state index in [1.807, 2.05) is 24.3 Å². The quantitative estimate of drug-likeness (QED) is 0.824. The van der Waals surface area contributed by atoms with Crippen LogP contribution in [0.5, 0.6) is 11.5 Å². The van der Waals surface area contributed by atoms with Crippen molar-refractivity contribution in [2.45, 2.75) is 13.3 Å². The van der Waals surface area contributed by atoms with Crippen molar-refractivity contribution in [2.75, 3.05) is 5.73 Å². The predicted octanol–water partition coefficient (Wildman–Crippen LogP) is 3.32. The summed E-state index contributed by atoms with van der Waals surface area (Å²) in [6.07, 6.45) is 0.968. The van der Waals surface area contributed by atoms with Gasteiger partial charge in [0.2, 0.25) is 0 Å². The molecule has 0 radical (unpaired) electrons. The topological polar surface area (TPSA) is 72.5 Å². The van der Waals surface area contributed by atoms with Crippen LogP contribution in [0.2, 0.25) is 0 Å². The third-order valence-electron chi connectivity index (χ3n) is 2.82. The summed E-state index contributed by atoms with van der Waals surface area (Å²) in [6, 6.07) is 12.1. The summed E-state index contributed by atoms with van der Waals surface area (Å²) in [5.41, 5.74) is 7.45. The number of nitrogen functional groups attached to an aromatic ring is 1. The normalized spacial score (nSPS) is 10.2. The molecule has 0 unspecified atom stereocenters. The van der Waals surface area contributed by atoms with Crippen molar-refractivity contribution in [3.05, 3.63) is 53.6 Å². The molecule has 0 aromatic heterocycles. The van der Waals surface area contributed by atoms with E-state index < -0.39 is 5.97 Å². The van der Waals surface area contributed by atoms with Gasteiger partial charge in [-0.2, -0.15) is 0 Å². The molecule has 2 aromatic carbocycles. The molecule has 2 rings (SSSR count). The second-order valence-electron chi connectivity index (χ2n) is 4.16. The number of nitrogens with two attached hydrogens (primary N) is 1. The number of carboxylic acids is 1. The van der Waals surface area contributed by atoms with Crippen LogP contribution in [0.3, 0.4) is 0 Å². The molecule has 0 spiro atoms. The number of hydrogen-bond acceptors (Lipinski definition) is 3. The van der Waals surface area contributed by atoms with Gasteiger partial charge in [0.25, 0.3) is 0 Å². The number of hydrogen-bond donors (Lipinski definition) is 2. The molecule has 0 amide bonds. The number of aryl methyl sites for hydroxylation is 1. The molecule has 0 bridgehead atoms. The lowest BCUT2D eigenvalue weighted by Gasteiger charge is -2.09. The van der Waals surface area contributed by atoms with Gasteiger partial charge in [0.1, 0.15) is 11.5 Å². The molecule has 0 heterocycles. The summed E-state index contributed by atoms with van der Waals surface area (Å²) in [6.45, 7) is 2.08. The van der Waals surface area contributed by atoms with E-state index in [1.54, 1.807) is 6.07 Å². The summed E-state index contributed by atoms with van der Waals surface area (Å²) in [4.78, 5) is 10.8. The molecule has 0 atom stereocenters. The standard InChI is InChI=1S/C15H15NO3/c1-2-10-3-6-12(7-4-10)19-14-8-5-11(15(17)18)9-13(14)16/h3-9H,2,16H2,1H3,(H,17,18). The van der Waals surface area contributed by atoms with Gasteiger partial charge >= 0.3 is 5.97 Å². The Bertz CT molecular complexity index is 591. The molecule has 3 N–H and O–H groups in total. The zero-order valence-corrected chi connectivity index (χ0v) is 10.6. The molecular weight excluding hydrogens is 242 g/mol. The van der Waals surface area contributed by atoms with E-state index in [0.717, 1.165) is 6.42 Å². The average molecular weight is 257 g/mol. The highest BCUT2D eigenvalue weighted by atomic mass is 16.5. The van der Waals surface area contributed by atoms with Crippen molar-refractivity contribution in [1.29, 1.82) is 0 Å². The molecule has 0 saturated heterocycles. The highest BCUT2D eigenvalue weighted by molar-refractivity contribution is 5.89. The van der Waals surface area contributed by atoms with Gasteiger partial charge in [-0.05, 0) is 42.3 Å². The van der Waals surface area contributed by atoms with Crippen molar-refractivity contribution >= 4 is 11.7 Å². The van der Waals surface area contributed by atoms with Crippen LogP contribution in [0.25, 0.3) is 0 Å². The Morgan fingerprint density at radius 2 is 1.89 bits per heavy atom. The maximum absolute atomic E-state index is 10.8. The molecule has 0 aliphatic heterocycles. The minimum Gasteiger partial charge on any atom is -0.478 e. The molecule has 0 aliphatic rings. The van der Waals surface area contributed by atoms with Gasteiger partial charge in [-0.25, -0.2) is 4.79 Å². The first kappa shape index (κ1) is 13.0. The summed E-state index contributed by atoms with van der Waals surface area (Å²) < 4.78 is 5.63. The van der Waals surface area contributed by atoms with Gasteiger partial charge in [0.15, 0.2) is 0 Å². The van der Waals surface area contributed by atoms with Gasteiger partial charge in [-0.15, -0.1) is 0 Å². The molecule has 19 heavy (non-hydrogen) atoms. The maximum Gasteiger partial charge on any atom is 0.335 e. The smallest absolute Gasteiger partial charge is 0.335 e. The Kier molecular flexibility index (Phi) is 3.71. The number of anilines is 1. The molecular formula is C15H15NO3. The maximum atomic E-state index is 10.8. The predicted molar refractivity (Wildman–Crippen MR) is 73.7 cm³/mol. The fourth-order valence-electron chi connectivity index (χ4n) is 1.69. The fraction of sp³-hybridized carbons (Fsp3) is 0.133. The summed E-state index contributed by atoms with van der Waals surface area (Å²) in [5.74, 6) is 0.117. The molecule has 98 valence electrons. The minimum absolute atomic E-state index is 0.145. The Morgan fingerprint density at radius 3 is 2.42 bits per heavy atom. The number of benzene rings is 2.